The maximum absolute atomic E-state index is 15.4. The molecule has 0 fully saturated rings. The number of carbonyl (C=O) groups excluding carboxylic acids is 1. The second-order valence-electron chi connectivity index (χ2n) is 7.85. The van der Waals surface area contributed by atoms with E-state index >= 15 is 4.39 Å². The summed E-state index contributed by atoms with van der Waals surface area (Å²) in [5.74, 6) is -8.14. The first-order valence-electron chi connectivity index (χ1n) is 10.3. The summed E-state index contributed by atoms with van der Waals surface area (Å²) in [7, 11) is 0.664. The Bertz CT molecular complexity index is 1540. The predicted octanol–water partition coefficient (Wildman–Crippen LogP) is 4.57. The van der Waals surface area contributed by atoms with Crippen LogP contribution in [0.4, 0.5) is 45.2 Å². The van der Waals surface area contributed by atoms with Crippen molar-refractivity contribution in [3.05, 3.63) is 70.6 Å². The number of H-pyrrole nitrogens is 1. The van der Waals surface area contributed by atoms with Gasteiger partial charge in [-0.05, 0) is 12.1 Å². The molecular weight excluding hydrogens is 553 g/mol. The van der Waals surface area contributed by atoms with Crippen molar-refractivity contribution in [2.45, 2.75) is 18.3 Å². The second-order valence-corrected chi connectivity index (χ2v) is 7.85. The minimum Gasteiger partial charge on any atom is -0.619 e. The summed E-state index contributed by atoms with van der Waals surface area (Å²) in [5.41, 5.74) is -9.26. The molecule has 3 heterocycles. The van der Waals surface area contributed by atoms with Crippen LogP contribution in [0.1, 0.15) is 21.6 Å². The van der Waals surface area contributed by atoms with Crippen molar-refractivity contribution in [1.29, 1.82) is 0 Å². The monoisotopic (exact) mass is 565 g/mol. The number of pyridine rings is 1. The zero-order chi connectivity index (χ0) is 28.9. The zero-order valence-corrected chi connectivity index (χ0v) is 19.0. The smallest absolute Gasteiger partial charge is 0.459 e. The number of amides is 1. The molecule has 2 N–H and O–H groups in total. The van der Waals surface area contributed by atoms with Crippen LogP contribution in [0.15, 0.2) is 42.7 Å². The van der Waals surface area contributed by atoms with Crippen LogP contribution in [0.3, 0.4) is 0 Å². The van der Waals surface area contributed by atoms with Gasteiger partial charge in [-0.15, -0.1) is 0 Å². The molecular formula is C21H12F9N7O2. The number of benzene rings is 1. The Morgan fingerprint density at radius 3 is 2.21 bits per heavy atom. The minimum absolute atomic E-state index is 0.0585. The van der Waals surface area contributed by atoms with E-state index in [1.165, 1.54) is 0 Å². The molecule has 4 aromatic rings. The number of nitrogens with zero attached hydrogens (tertiary/aromatic N) is 5. The largest absolute Gasteiger partial charge is 0.619 e. The van der Waals surface area contributed by atoms with Gasteiger partial charge in [0.2, 0.25) is 0 Å². The number of alkyl halides is 8. The molecule has 0 aliphatic heterocycles. The highest BCUT2D eigenvalue weighted by Crippen LogP contribution is 2.50. The average Bonchev–Trinajstić information content (AvgIpc) is 3.44. The van der Waals surface area contributed by atoms with E-state index < -0.39 is 69.6 Å². The van der Waals surface area contributed by atoms with Crippen molar-refractivity contribution < 1.29 is 49.0 Å². The van der Waals surface area contributed by atoms with Crippen molar-refractivity contribution in [2.24, 2.45) is 7.05 Å². The van der Waals surface area contributed by atoms with Crippen LogP contribution in [0.5, 0.6) is 0 Å². The molecule has 9 nitrogen and oxygen atoms in total. The molecule has 0 unspecified atom stereocenters. The van der Waals surface area contributed by atoms with E-state index in [4.69, 9.17) is 0 Å². The van der Waals surface area contributed by atoms with Crippen molar-refractivity contribution in [3.8, 4) is 22.6 Å². The fraction of sp³-hybridized carbons (Fsp3) is 0.190. The molecule has 0 saturated heterocycles. The maximum atomic E-state index is 15.4. The van der Waals surface area contributed by atoms with Gasteiger partial charge in [0, 0.05) is 24.7 Å². The first kappa shape index (κ1) is 27.4. The Labute approximate surface area is 210 Å². The fourth-order valence-electron chi connectivity index (χ4n) is 3.57. The number of carbonyl (C=O) groups is 1. The lowest BCUT2D eigenvalue weighted by Crippen LogP contribution is -2.36. The quantitative estimate of drug-likeness (QED) is 0.209. The van der Waals surface area contributed by atoms with Crippen LogP contribution in [0.25, 0.3) is 22.6 Å². The van der Waals surface area contributed by atoms with E-state index in [0.717, 1.165) is 42.7 Å². The lowest BCUT2D eigenvalue weighted by Gasteiger charge is -2.19. The summed E-state index contributed by atoms with van der Waals surface area (Å²) in [5, 5.41) is 25.0. The number of nitrogens with one attached hydrogen (secondary N) is 2. The summed E-state index contributed by atoms with van der Waals surface area (Å²) in [6, 6.07) is 5.45. The molecule has 1 aromatic carbocycles. The van der Waals surface area contributed by atoms with E-state index in [1.54, 1.807) is 0 Å². The van der Waals surface area contributed by atoms with Crippen LogP contribution in [0.2, 0.25) is 0 Å². The molecule has 0 aliphatic carbocycles. The Kier molecular flexibility index (Phi) is 6.52. The Hall–Kier alpha value is -4.64. The van der Waals surface area contributed by atoms with Gasteiger partial charge in [0.15, 0.2) is 23.9 Å². The second kappa shape index (κ2) is 9.28. The summed E-state index contributed by atoms with van der Waals surface area (Å²) < 4.78 is 124. The molecule has 4 rings (SSSR count). The number of hydrogen-bond acceptors (Lipinski definition) is 5. The highest BCUT2D eigenvalue weighted by Gasteiger charge is 2.64. The number of anilines is 1. The van der Waals surface area contributed by atoms with Crippen molar-refractivity contribution in [1.82, 2.24) is 25.2 Å². The molecule has 1 amide bonds. The first-order chi connectivity index (χ1) is 18.0. The SMILES string of the molecule is Cn1nc(C(F)(F)C(F)(F)F)c(C(F)(F)F)c1-c1n[nH]nc1-c1cccc(NC(=O)c2cc[n+]([O-])cc2)c1F. The number of aromatic nitrogens is 6. The highest BCUT2D eigenvalue weighted by molar-refractivity contribution is 6.04. The molecule has 0 saturated carbocycles. The lowest BCUT2D eigenvalue weighted by molar-refractivity contribution is -0.605. The van der Waals surface area contributed by atoms with Crippen molar-refractivity contribution in [3.63, 3.8) is 0 Å². The molecule has 3 aromatic heterocycles. The maximum Gasteiger partial charge on any atom is 0.459 e. The summed E-state index contributed by atoms with van der Waals surface area (Å²) in [6.45, 7) is 0. The third-order valence-electron chi connectivity index (χ3n) is 5.32. The molecule has 39 heavy (non-hydrogen) atoms. The van der Waals surface area contributed by atoms with Gasteiger partial charge in [0.25, 0.3) is 5.91 Å². The Morgan fingerprint density at radius 2 is 1.62 bits per heavy atom. The summed E-state index contributed by atoms with van der Waals surface area (Å²) >= 11 is 0. The van der Waals surface area contributed by atoms with Gasteiger partial charge in [-0.25, -0.2) is 4.39 Å². The molecule has 0 atom stereocenters. The predicted molar refractivity (Wildman–Crippen MR) is 112 cm³/mol. The van der Waals surface area contributed by atoms with Gasteiger partial charge in [-0.1, -0.05) is 6.07 Å². The topological polar surface area (TPSA) is 115 Å². The molecule has 18 heteroatoms. The highest BCUT2D eigenvalue weighted by atomic mass is 19.4. The van der Waals surface area contributed by atoms with E-state index in [-0.39, 0.29) is 10.2 Å². The standard InChI is InChI=1S/C21H12F9N7O2/c1-36-16(12(20(25,26)27)17(34-36)19(23,24)21(28,29)30)15-14(32-35-33-15)10-3-2-4-11(13(10)22)31-18(38)9-5-7-37(39)8-6-9/h2-8H,1H3,(H,31,38)(H,32,33,35). The molecule has 206 valence electrons. The summed E-state index contributed by atoms with van der Waals surface area (Å²) in [6.07, 6.45) is -10.2. The number of rotatable bonds is 5. The third-order valence-corrected chi connectivity index (χ3v) is 5.32. The molecule has 0 spiro atoms. The van der Waals surface area contributed by atoms with Crippen LogP contribution >= 0.6 is 0 Å². The van der Waals surface area contributed by atoms with E-state index in [2.05, 4.69) is 20.6 Å². The number of halogens is 9. The van der Waals surface area contributed by atoms with Gasteiger partial charge in [0.1, 0.15) is 22.6 Å². The van der Waals surface area contributed by atoms with Crippen LogP contribution in [-0.2, 0) is 19.1 Å². The van der Waals surface area contributed by atoms with Crippen molar-refractivity contribution >= 4 is 11.6 Å². The average molecular weight is 565 g/mol. The van der Waals surface area contributed by atoms with E-state index in [9.17, 15) is 45.1 Å². The number of aromatic amines is 1. The van der Waals surface area contributed by atoms with Gasteiger partial charge in [-0.3, -0.25) is 9.48 Å². The third kappa shape index (κ3) is 4.84. The number of aryl methyl sites for hydroxylation is 1. The van der Waals surface area contributed by atoms with Crippen LogP contribution in [0, 0.1) is 11.0 Å². The number of hydrogen-bond donors (Lipinski definition) is 2. The first-order valence-corrected chi connectivity index (χ1v) is 10.3. The fourth-order valence-corrected chi connectivity index (χ4v) is 3.57. The van der Waals surface area contributed by atoms with E-state index in [1.807, 2.05) is 5.21 Å². The van der Waals surface area contributed by atoms with Gasteiger partial charge in [-0.2, -0.15) is 60.4 Å². The van der Waals surface area contributed by atoms with Gasteiger partial charge in [0.05, 0.1) is 11.3 Å². The molecule has 0 bridgehead atoms. The van der Waals surface area contributed by atoms with Crippen LogP contribution < -0.4 is 10.0 Å². The van der Waals surface area contributed by atoms with E-state index in [0.29, 0.717) is 11.8 Å². The Balaban J connectivity index is 1.84. The molecule has 0 radical (unpaired) electrons. The molecule has 0 aliphatic rings. The minimum atomic E-state index is -6.42. The van der Waals surface area contributed by atoms with Crippen molar-refractivity contribution in [2.75, 3.05) is 5.32 Å². The Morgan fingerprint density at radius 1 is 1.00 bits per heavy atom. The lowest BCUT2D eigenvalue weighted by atomic mass is 10.0. The normalized spacial score (nSPS) is 12.6. The summed E-state index contributed by atoms with van der Waals surface area (Å²) in [4.78, 5) is 12.4. The van der Waals surface area contributed by atoms with Gasteiger partial charge >= 0.3 is 18.3 Å². The van der Waals surface area contributed by atoms with Gasteiger partial charge < -0.3 is 10.5 Å². The van der Waals surface area contributed by atoms with Crippen LogP contribution in [-0.4, -0.2) is 37.3 Å². The zero-order valence-electron chi connectivity index (χ0n) is 19.0.